The van der Waals surface area contributed by atoms with Crippen molar-refractivity contribution in [1.82, 2.24) is 25.1 Å². The Bertz CT molecular complexity index is 1080. The largest absolute Gasteiger partial charge is 0.484 e. The molecule has 0 fully saturated rings. The fraction of sp³-hybridized carbons (Fsp3) is 0.520. The maximum Gasteiger partial charge on any atom is 0.258 e. The number of benzene rings is 1. The number of ether oxygens (including phenoxy) is 1. The van der Waals surface area contributed by atoms with Crippen molar-refractivity contribution in [2.45, 2.75) is 64.4 Å². The van der Waals surface area contributed by atoms with E-state index in [2.05, 4.69) is 57.3 Å². The second kappa shape index (κ2) is 12.1. The molecular weight excluding hydrogens is 448 g/mol. The van der Waals surface area contributed by atoms with Gasteiger partial charge >= 0.3 is 0 Å². The fourth-order valence-electron chi connectivity index (χ4n) is 3.25. The molecule has 0 aliphatic heterocycles. The Kier molecular flexibility index (Phi) is 9.15. The minimum atomic E-state index is -0.172. The van der Waals surface area contributed by atoms with Gasteiger partial charge in [-0.1, -0.05) is 65.4 Å². The summed E-state index contributed by atoms with van der Waals surface area (Å²) in [5, 5.41) is 12.8. The molecule has 0 unspecified atom stereocenters. The van der Waals surface area contributed by atoms with Crippen molar-refractivity contribution in [3.05, 3.63) is 36.0 Å². The zero-order valence-electron chi connectivity index (χ0n) is 21.0. The number of aromatic nitrogens is 4. The predicted molar refractivity (Wildman–Crippen MR) is 139 cm³/mol. The van der Waals surface area contributed by atoms with Crippen LogP contribution < -0.4 is 15.4 Å². The molecule has 2 heterocycles. The molecule has 2 N–H and O–H groups in total. The van der Waals surface area contributed by atoms with Crippen LogP contribution in [0.15, 0.2) is 35.6 Å². The van der Waals surface area contributed by atoms with Gasteiger partial charge in [0, 0.05) is 18.3 Å². The molecule has 184 valence electrons. The fourth-order valence-corrected chi connectivity index (χ4v) is 3.95. The summed E-state index contributed by atoms with van der Waals surface area (Å²) in [6.07, 6.45) is 1.79. The average Bonchev–Trinajstić information content (AvgIpc) is 3.18. The second-order valence-corrected chi connectivity index (χ2v) is 10.8. The summed E-state index contributed by atoms with van der Waals surface area (Å²) < 4.78 is 7.42. The molecule has 0 saturated carbocycles. The summed E-state index contributed by atoms with van der Waals surface area (Å²) in [7, 11) is 0. The van der Waals surface area contributed by atoms with Gasteiger partial charge in [-0.15, -0.1) is 0 Å². The van der Waals surface area contributed by atoms with Gasteiger partial charge in [0.05, 0.1) is 18.1 Å². The van der Waals surface area contributed by atoms with Crippen molar-refractivity contribution >= 4 is 34.5 Å². The monoisotopic (exact) mass is 484 g/mol. The number of hydrogen-bond donors (Lipinski definition) is 2. The number of anilines is 1. The van der Waals surface area contributed by atoms with E-state index in [-0.39, 0.29) is 12.5 Å². The Labute approximate surface area is 206 Å². The lowest BCUT2D eigenvalue weighted by Gasteiger charge is -2.12. The van der Waals surface area contributed by atoms with Gasteiger partial charge in [-0.25, -0.2) is 14.6 Å². The first-order chi connectivity index (χ1) is 16.2. The molecule has 3 rings (SSSR count). The molecular formula is C25H36N6O2S. The third kappa shape index (κ3) is 7.35. The predicted octanol–water partition coefficient (Wildman–Crippen LogP) is 4.71. The van der Waals surface area contributed by atoms with E-state index in [1.807, 2.05) is 28.9 Å². The molecule has 9 heteroatoms. The van der Waals surface area contributed by atoms with Crippen molar-refractivity contribution < 1.29 is 9.53 Å². The maximum atomic E-state index is 12.3. The molecule has 34 heavy (non-hydrogen) atoms. The first kappa shape index (κ1) is 25.8. The van der Waals surface area contributed by atoms with E-state index >= 15 is 0 Å². The van der Waals surface area contributed by atoms with Crippen molar-refractivity contribution in [3.63, 3.8) is 0 Å². The summed E-state index contributed by atoms with van der Waals surface area (Å²) >= 11 is 1.62. The molecule has 2 aromatic heterocycles. The molecule has 3 aromatic rings. The van der Waals surface area contributed by atoms with Crippen LogP contribution in [0.1, 0.15) is 53.0 Å². The number of carbonyl (C=O) groups excluding carboxylic acids is 1. The standard InChI is InChI=1S/C25H36N6O2S/c1-16(2)13-27-23-21-14-28-31(24(21)30-25(29-23)34-18(5)6)12-11-26-22(32)15-33-20-9-7-19(8-10-20)17(3)4/h7-10,14,16-18H,11-13,15H2,1-6H3,(H,26,32)(H,27,29,30). The summed E-state index contributed by atoms with van der Waals surface area (Å²) in [5.41, 5.74) is 2.00. The molecule has 0 aliphatic carbocycles. The lowest BCUT2D eigenvalue weighted by Crippen LogP contribution is -2.31. The van der Waals surface area contributed by atoms with Crippen LogP contribution in [0.4, 0.5) is 5.82 Å². The van der Waals surface area contributed by atoms with Crippen LogP contribution in [-0.4, -0.2) is 50.6 Å². The topological polar surface area (TPSA) is 94.0 Å². The maximum absolute atomic E-state index is 12.3. The first-order valence-corrected chi connectivity index (χ1v) is 12.7. The van der Waals surface area contributed by atoms with E-state index in [0.717, 1.165) is 28.6 Å². The molecule has 1 aromatic carbocycles. The molecule has 0 aliphatic rings. The van der Waals surface area contributed by atoms with Gasteiger partial charge in [0.25, 0.3) is 5.91 Å². The zero-order valence-corrected chi connectivity index (χ0v) is 21.8. The van der Waals surface area contributed by atoms with Gasteiger partial charge in [-0.3, -0.25) is 4.79 Å². The molecule has 1 amide bonds. The van der Waals surface area contributed by atoms with Crippen LogP contribution in [0.2, 0.25) is 0 Å². The number of nitrogens with one attached hydrogen (secondary N) is 2. The number of thioether (sulfide) groups is 1. The molecule has 0 bridgehead atoms. The minimum Gasteiger partial charge on any atom is -0.484 e. The van der Waals surface area contributed by atoms with Crippen LogP contribution in [0.5, 0.6) is 5.75 Å². The van der Waals surface area contributed by atoms with Crippen molar-refractivity contribution in [1.29, 1.82) is 0 Å². The molecule has 0 radical (unpaired) electrons. The Morgan fingerprint density at radius 1 is 1.09 bits per heavy atom. The number of fused-ring (bicyclic) bond motifs is 1. The lowest BCUT2D eigenvalue weighted by atomic mass is 10.0. The Hall–Kier alpha value is -2.81. The van der Waals surface area contributed by atoms with Crippen LogP contribution in [-0.2, 0) is 11.3 Å². The van der Waals surface area contributed by atoms with E-state index in [1.165, 1.54) is 5.56 Å². The Morgan fingerprint density at radius 2 is 1.82 bits per heavy atom. The number of rotatable bonds is 12. The minimum absolute atomic E-state index is 0.0263. The molecule has 0 atom stereocenters. The Morgan fingerprint density at radius 3 is 2.47 bits per heavy atom. The van der Waals surface area contributed by atoms with Gasteiger partial charge in [0.2, 0.25) is 0 Å². The third-order valence-corrected chi connectivity index (χ3v) is 5.92. The van der Waals surface area contributed by atoms with Crippen LogP contribution >= 0.6 is 11.8 Å². The van der Waals surface area contributed by atoms with Gasteiger partial charge in [0.15, 0.2) is 17.4 Å². The Balaban J connectivity index is 1.59. The summed E-state index contributed by atoms with van der Waals surface area (Å²) in [5.74, 6) is 2.27. The van der Waals surface area contributed by atoms with E-state index in [1.54, 1.807) is 18.0 Å². The molecule has 0 spiro atoms. The van der Waals surface area contributed by atoms with Crippen LogP contribution in [0.3, 0.4) is 0 Å². The highest BCUT2D eigenvalue weighted by atomic mass is 32.2. The second-order valence-electron chi connectivity index (χ2n) is 9.26. The van der Waals surface area contributed by atoms with Gasteiger partial charge in [0.1, 0.15) is 11.6 Å². The van der Waals surface area contributed by atoms with E-state index in [4.69, 9.17) is 14.7 Å². The van der Waals surface area contributed by atoms with Crippen LogP contribution in [0.25, 0.3) is 11.0 Å². The van der Waals surface area contributed by atoms with Crippen LogP contribution in [0, 0.1) is 5.92 Å². The smallest absolute Gasteiger partial charge is 0.258 e. The highest BCUT2D eigenvalue weighted by Gasteiger charge is 2.15. The SMILES string of the molecule is CC(C)CNc1nc(SC(C)C)nc2c1cnn2CCNC(=O)COc1ccc(C(C)C)cc1. The van der Waals surface area contributed by atoms with E-state index in [9.17, 15) is 4.79 Å². The van der Waals surface area contributed by atoms with Gasteiger partial charge in [-0.2, -0.15) is 5.10 Å². The highest BCUT2D eigenvalue weighted by molar-refractivity contribution is 7.99. The quantitative estimate of drug-likeness (QED) is 0.284. The number of amides is 1. The average molecular weight is 485 g/mol. The number of nitrogens with zero attached hydrogens (tertiary/aromatic N) is 4. The summed E-state index contributed by atoms with van der Waals surface area (Å²) in [4.78, 5) is 21.7. The normalized spacial score (nSPS) is 11.6. The molecule has 0 saturated heterocycles. The third-order valence-electron chi connectivity index (χ3n) is 5.06. The van der Waals surface area contributed by atoms with Gasteiger partial charge in [-0.05, 0) is 29.5 Å². The highest BCUT2D eigenvalue weighted by Crippen LogP contribution is 2.26. The van der Waals surface area contributed by atoms with E-state index in [0.29, 0.717) is 35.9 Å². The van der Waals surface area contributed by atoms with E-state index < -0.39 is 0 Å². The molecule has 8 nitrogen and oxygen atoms in total. The number of carbonyl (C=O) groups is 1. The van der Waals surface area contributed by atoms with Gasteiger partial charge < -0.3 is 15.4 Å². The van der Waals surface area contributed by atoms with Crippen molar-refractivity contribution in [2.75, 3.05) is 25.0 Å². The summed E-state index contributed by atoms with van der Waals surface area (Å²) in [6.45, 7) is 14.6. The number of hydrogen-bond acceptors (Lipinski definition) is 7. The lowest BCUT2D eigenvalue weighted by molar-refractivity contribution is -0.123. The zero-order chi connectivity index (χ0) is 24.7. The summed E-state index contributed by atoms with van der Waals surface area (Å²) in [6, 6.07) is 7.85. The van der Waals surface area contributed by atoms with Crippen molar-refractivity contribution in [3.8, 4) is 5.75 Å². The van der Waals surface area contributed by atoms with Crippen molar-refractivity contribution in [2.24, 2.45) is 5.92 Å². The first-order valence-electron chi connectivity index (χ1n) is 11.9.